The van der Waals surface area contributed by atoms with Crippen molar-refractivity contribution >= 4 is 16.6 Å². The predicted molar refractivity (Wildman–Crippen MR) is 70.8 cm³/mol. The van der Waals surface area contributed by atoms with Gasteiger partial charge in [0.15, 0.2) is 0 Å². The van der Waals surface area contributed by atoms with Crippen molar-refractivity contribution < 1.29 is 4.92 Å². The summed E-state index contributed by atoms with van der Waals surface area (Å²) >= 11 is 0. The van der Waals surface area contributed by atoms with Crippen molar-refractivity contribution in [2.24, 2.45) is 0 Å². The Kier molecular flexibility index (Phi) is 2.75. The Labute approximate surface area is 109 Å². The number of hydrogen-bond acceptors (Lipinski definition) is 3. The minimum Gasteiger partial charge on any atom is -0.345 e. The van der Waals surface area contributed by atoms with E-state index < -0.39 is 0 Å². The lowest BCUT2D eigenvalue weighted by Gasteiger charge is -2.06. The van der Waals surface area contributed by atoms with Crippen LogP contribution in [-0.2, 0) is 13.1 Å². The van der Waals surface area contributed by atoms with Crippen LogP contribution < -0.4 is 0 Å². The first-order valence-electron chi connectivity index (χ1n) is 5.94. The van der Waals surface area contributed by atoms with Gasteiger partial charge in [0.2, 0.25) is 0 Å². The first kappa shape index (κ1) is 11.5. The van der Waals surface area contributed by atoms with Gasteiger partial charge in [0, 0.05) is 37.7 Å². The van der Waals surface area contributed by atoms with E-state index in [1.807, 2.05) is 27.6 Å². The van der Waals surface area contributed by atoms with Crippen molar-refractivity contribution in [3.05, 3.63) is 59.3 Å². The molecule has 0 amide bonds. The monoisotopic (exact) mass is 256 g/mol. The fraction of sp³-hybridized carbons (Fsp3) is 0.154. The quantitative estimate of drug-likeness (QED) is 0.532. The zero-order valence-electron chi connectivity index (χ0n) is 10.1. The van der Waals surface area contributed by atoms with Crippen LogP contribution >= 0.6 is 0 Å². The molecule has 0 fully saturated rings. The van der Waals surface area contributed by atoms with Gasteiger partial charge in [-0.05, 0) is 12.1 Å². The third-order valence-corrected chi connectivity index (χ3v) is 3.15. The summed E-state index contributed by atoms with van der Waals surface area (Å²) in [5.41, 5.74) is 1.04. The third-order valence-electron chi connectivity index (χ3n) is 3.15. The summed E-state index contributed by atoms with van der Waals surface area (Å²) in [7, 11) is 0. The molecule has 2 aromatic heterocycles. The van der Waals surface area contributed by atoms with E-state index >= 15 is 0 Å². The fourth-order valence-electron chi connectivity index (χ4n) is 2.20. The molecule has 0 saturated carbocycles. The standard InChI is InChI=1S/C13H12N4O2/c18-17(19)13-3-1-2-12-11(13)4-6-16(12)9-8-15-7-5-14-10-15/h1-7,10H,8-9H2. The van der Waals surface area contributed by atoms with Gasteiger partial charge in [0.25, 0.3) is 5.69 Å². The smallest absolute Gasteiger partial charge is 0.278 e. The number of non-ortho nitro benzene ring substituents is 1. The van der Waals surface area contributed by atoms with E-state index in [0.29, 0.717) is 5.39 Å². The number of hydrogen-bond donors (Lipinski definition) is 0. The molecule has 0 bridgehead atoms. The lowest BCUT2D eigenvalue weighted by molar-refractivity contribution is -0.383. The Bertz CT molecular complexity index is 715. The second-order valence-corrected chi connectivity index (χ2v) is 4.28. The largest absolute Gasteiger partial charge is 0.345 e. The number of fused-ring (bicyclic) bond motifs is 1. The lowest BCUT2D eigenvalue weighted by Crippen LogP contribution is -2.04. The molecule has 3 aromatic rings. The van der Waals surface area contributed by atoms with Crippen molar-refractivity contribution in [1.29, 1.82) is 0 Å². The predicted octanol–water partition coefficient (Wildman–Crippen LogP) is 2.45. The van der Waals surface area contributed by atoms with Crippen molar-refractivity contribution in [3.8, 4) is 0 Å². The summed E-state index contributed by atoms with van der Waals surface area (Å²) in [6, 6.07) is 6.94. The number of imidazole rings is 1. The van der Waals surface area contributed by atoms with Gasteiger partial charge in [-0.2, -0.15) is 0 Å². The van der Waals surface area contributed by atoms with E-state index in [2.05, 4.69) is 4.98 Å². The molecule has 3 rings (SSSR count). The van der Waals surface area contributed by atoms with Crippen LogP contribution in [0, 0.1) is 10.1 Å². The van der Waals surface area contributed by atoms with Crippen LogP contribution in [0.5, 0.6) is 0 Å². The molecular weight excluding hydrogens is 244 g/mol. The highest BCUT2D eigenvalue weighted by Gasteiger charge is 2.13. The van der Waals surface area contributed by atoms with Crippen molar-refractivity contribution in [2.75, 3.05) is 0 Å². The number of benzene rings is 1. The van der Waals surface area contributed by atoms with Gasteiger partial charge in [-0.25, -0.2) is 4.98 Å². The Balaban J connectivity index is 1.92. The highest BCUT2D eigenvalue weighted by molar-refractivity contribution is 5.89. The van der Waals surface area contributed by atoms with Gasteiger partial charge in [-0.3, -0.25) is 10.1 Å². The van der Waals surface area contributed by atoms with Crippen LogP contribution in [0.3, 0.4) is 0 Å². The molecular formula is C13H12N4O2. The molecule has 0 N–H and O–H groups in total. The lowest BCUT2D eigenvalue weighted by atomic mass is 10.2. The van der Waals surface area contributed by atoms with Crippen LogP contribution in [0.15, 0.2) is 49.2 Å². The number of aryl methyl sites for hydroxylation is 2. The van der Waals surface area contributed by atoms with Crippen LogP contribution in [0.1, 0.15) is 0 Å². The SMILES string of the molecule is O=[N+]([O-])c1cccc2c1ccn2CCn1ccnc1. The summed E-state index contributed by atoms with van der Waals surface area (Å²) < 4.78 is 3.99. The van der Waals surface area contributed by atoms with Crippen LogP contribution in [0.25, 0.3) is 10.9 Å². The molecule has 0 aliphatic heterocycles. The van der Waals surface area contributed by atoms with Crippen molar-refractivity contribution in [1.82, 2.24) is 14.1 Å². The van der Waals surface area contributed by atoms with E-state index in [9.17, 15) is 10.1 Å². The molecule has 6 nitrogen and oxygen atoms in total. The zero-order chi connectivity index (χ0) is 13.2. The molecule has 0 aliphatic carbocycles. The Morgan fingerprint density at radius 2 is 2.11 bits per heavy atom. The second kappa shape index (κ2) is 4.56. The van der Waals surface area contributed by atoms with Gasteiger partial charge >= 0.3 is 0 Å². The first-order chi connectivity index (χ1) is 9.25. The van der Waals surface area contributed by atoms with E-state index in [-0.39, 0.29) is 10.6 Å². The Morgan fingerprint density at radius 1 is 1.21 bits per heavy atom. The molecule has 0 aliphatic rings. The molecule has 6 heteroatoms. The van der Waals surface area contributed by atoms with E-state index in [1.165, 1.54) is 6.07 Å². The molecule has 96 valence electrons. The fourth-order valence-corrected chi connectivity index (χ4v) is 2.20. The third kappa shape index (κ3) is 2.08. The van der Waals surface area contributed by atoms with Gasteiger partial charge in [0.1, 0.15) is 0 Å². The summed E-state index contributed by atoms with van der Waals surface area (Å²) in [4.78, 5) is 14.6. The molecule has 0 saturated heterocycles. The minimum atomic E-state index is -0.345. The Morgan fingerprint density at radius 3 is 2.84 bits per heavy atom. The minimum absolute atomic E-state index is 0.152. The normalized spacial score (nSPS) is 10.9. The highest BCUT2D eigenvalue weighted by atomic mass is 16.6. The highest BCUT2D eigenvalue weighted by Crippen LogP contribution is 2.26. The number of rotatable bonds is 4. The average molecular weight is 256 g/mol. The van der Waals surface area contributed by atoms with E-state index in [4.69, 9.17) is 0 Å². The van der Waals surface area contributed by atoms with E-state index in [1.54, 1.807) is 24.7 Å². The number of aromatic nitrogens is 3. The molecule has 0 spiro atoms. The van der Waals surface area contributed by atoms with Crippen LogP contribution in [-0.4, -0.2) is 19.0 Å². The number of nitro groups is 1. The van der Waals surface area contributed by atoms with Crippen LogP contribution in [0.2, 0.25) is 0 Å². The van der Waals surface area contributed by atoms with E-state index in [0.717, 1.165) is 18.6 Å². The number of nitrogens with zero attached hydrogens (tertiary/aromatic N) is 4. The zero-order valence-corrected chi connectivity index (χ0v) is 10.1. The molecule has 2 heterocycles. The molecule has 0 unspecified atom stereocenters. The van der Waals surface area contributed by atoms with Crippen molar-refractivity contribution in [2.45, 2.75) is 13.1 Å². The van der Waals surface area contributed by atoms with Gasteiger partial charge < -0.3 is 9.13 Å². The molecule has 19 heavy (non-hydrogen) atoms. The molecule has 0 atom stereocenters. The maximum atomic E-state index is 11.0. The summed E-state index contributed by atoms with van der Waals surface area (Å²) in [6.07, 6.45) is 7.27. The second-order valence-electron chi connectivity index (χ2n) is 4.28. The average Bonchev–Trinajstić information content (AvgIpc) is 3.05. The van der Waals surface area contributed by atoms with Gasteiger partial charge in [-0.1, -0.05) is 6.07 Å². The van der Waals surface area contributed by atoms with Gasteiger partial charge in [0.05, 0.1) is 22.2 Å². The number of nitro benzene ring substituents is 1. The first-order valence-corrected chi connectivity index (χ1v) is 5.94. The topological polar surface area (TPSA) is 65.9 Å². The summed E-state index contributed by atoms with van der Waals surface area (Å²) in [6.45, 7) is 1.54. The maximum Gasteiger partial charge on any atom is 0.278 e. The van der Waals surface area contributed by atoms with Crippen molar-refractivity contribution in [3.63, 3.8) is 0 Å². The molecule has 0 radical (unpaired) electrons. The summed E-state index contributed by atoms with van der Waals surface area (Å²) in [5, 5.41) is 11.6. The maximum absolute atomic E-state index is 11.0. The van der Waals surface area contributed by atoms with Gasteiger partial charge in [-0.15, -0.1) is 0 Å². The Hall–Kier alpha value is -2.63. The summed E-state index contributed by atoms with van der Waals surface area (Å²) in [5.74, 6) is 0. The molecule has 1 aromatic carbocycles. The van der Waals surface area contributed by atoms with Crippen LogP contribution in [0.4, 0.5) is 5.69 Å².